The van der Waals surface area contributed by atoms with E-state index in [1.54, 1.807) is 24.3 Å². The van der Waals surface area contributed by atoms with Crippen LogP contribution in [0.3, 0.4) is 0 Å². The molecule has 1 fully saturated rings. The molecule has 0 atom stereocenters. The highest BCUT2D eigenvalue weighted by molar-refractivity contribution is 7.89. The van der Waals surface area contributed by atoms with Crippen LogP contribution in [0.5, 0.6) is 0 Å². The van der Waals surface area contributed by atoms with Crippen LogP contribution >= 0.6 is 0 Å². The third kappa shape index (κ3) is 5.22. The van der Waals surface area contributed by atoms with Crippen LogP contribution in [0.15, 0.2) is 76.5 Å². The molecule has 0 spiro atoms. The first-order valence-electron chi connectivity index (χ1n) is 10.9. The predicted octanol–water partition coefficient (Wildman–Crippen LogP) is 3.29. The lowest BCUT2D eigenvalue weighted by molar-refractivity contribution is 0.402. The van der Waals surface area contributed by atoms with Crippen molar-refractivity contribution in [2.24, 2.45) is 5.92 Å². The van der Waals surface area contributed by atoms with E-state index in [4.69, 9.17) is 0 Å². The maximum Gasteiger partial charge on any atom is 0.242 e. The number of anilines is 1. The number of rotatable bonds is 7. The molecule has 0 aromatic heterocycles. The summed E-state index contributed by atoms with van der Waals surface area (Å²) in [6.07, 6.45) is 1.72. The summed E-state index contributed by atoms with van der Waals surface area (Å²) in [4.78, 5) is 2.76. The Morgan fingerprint density at radius 1 is 0.848 bits per heavy atom. The van der Waals surface area contributed by atoms with Gasteiger partial charge in [-0.05, 0) is 65.9 Å². The molecule has 176 valence electrons. The minimum atomic E-state index is -3.57. The van der Waals surface area contributed by atoms with Crippen LogP contribution in [0.2, 0.25) is 0 Å². The first-order valence-corrected chi connectivity index (χ1v) is 13.9. The molecule has 1 saturated heterocycles. The number of benzene rings is 3. The molecule has 0 amide bonds. The van der Waals surface area contributed by atoms with Gasteiger partial charge in [-0.1, -0.05) is 30.3 Å². The van der Waals surface area contributed by atoms with Gasteiger partial charge in [0.05, 0.1) is 9.79 Å². The maximum absolute atomic E-state index is 12.8. The fraction of sp³-hybridized carbons (Fsp3) is 0.333. The van der Waals surface area contributed by atoms with E-state index >= 15 is 0 Å². The zero-order valence-electron chi connectivity index (χ0n) is 18.8. The summed E-state index contributed by atoms with van der Waals surface area (Å²) >= 11 is 0. The van der Waals surface area contributed by atoms with Crippen LogP contribution < -0.4 is 9.62 Å². The number of piperidine rings is 1. The number of fused-ring (bicyclic) bond motifs is 1. The second-order valence-corrected chi connectivity index (χ2v) is 12.5. The minimum Gasteiger partial charge on any atom is -0.372 e. The summed E-state index contributed by atoms with van der Waals surface area (Å²) < 4.78 is 54.0. The Hall–Kier alpha value is -2.46. The Morgan fingerprint density at radius 2 is 1.45 bits per heavy atom. The van der Waals surface area contributed by atoms with Gasteiger partial charge in [0.2, 0.25) is 20.0 Å². The molecule has 0 bridgehead atoms. The van der Waals surface area contributed by atoms with Crippen molar-refractivity contribution in [3.63, 3.8) is 0 Å². The average Bonchev–Trinajstić information content (AvgIpc) is 2.83. The van der Waals surface area contributed by atoms with E-state index in [-0.39, 0.29) is 15.7 Å². The summed E-state index contributed by atoms with van der Waals surface area (Å²) in [7, 11) is -3.97. The second-order valence-electron chi connectivity index (χ2n) is 8.57. The molecule has 9 heteroatoms. The highest BCUT2D eigenvalue weighted by Crippen LogP contribution is 2.25. The Morgan fingerprint density at radius 3 is 2.09 bits per heavy atom. The van der Waals surface area contributed by atoms with Gasteiger partial charge in [-0.15, -0.1) is 0 Å². The van der Waals surface area contributed by atoms with E-state index in [1.807, 2.05) is 42.5 Å². The molecule has 1 aliphatic rings. The SMILES string of the molecule is CN(C)S(=O)(=O)c1ccc(N2CCC(CNS(=O)(=O)c3ccc4ccccc4c3)CC2)cc1. The van der Waals surface area contributed by atoms with Gasteiger partial charge in [-0.2, -0.15) is 0 Å². The Kier molecular flexibility index (Phi) is 6.76. The summed E-state index contributed by atoms with van der Waals surface area (Å²) in [5.74, 6) is 0.255. The van der Waals surface area contributed by atoms with Crippen LogP contribution in [0.1, 0.15) is 12.8 Å². The van der Waals surface area contributed by atoms with E-state index in [9.17, 15) is 16.8 Å². The van der Waals surface area contributed by atoms with E-state index in [1.165, 1.54) is 18.4 Å². The summed E-state index contributed by atoms with van der Waals surface area (Å²) in [5.41, 5.74) is 0.975. The van der Waals surface area contributed by atoms with E-state index in [0.717, 1.165) is 42.4 Å². The normalized spacial score (nSPS) is 15.9. The zero-order valence-corrected chi connectivity index (χ0v) is 20.4. The van der Waals surface area contributed by atoms with Crippen molar-refractivity contribution in [2.75, 3.05) is 38.6 Å². The van der Waals surface area contributed by atoms with Gasteiger partial charge in [0.15, 0.2) is 0 Å². The quantitative estimate of drug-likeness (QED) is 0.553. The molecule has 3 aromatic carbocycles. The zero-order chi connectivity index (χ0) is 23.6. The van der Waals surface area contributed by atoms with Gasteiger partial charge in [-0.3, -0.25) is 0 Å². The smallest absolute Gasteiger partial charge is 0.242 e. The average molecular weight is 488 g/mol. The van der Waals surface area contributed by atoms with E-state index in [0.29, 0.717) is 6.54 Å². The molecule has 0 radical (unpaired) electrons. The van der Waals surface area contributed by atoms with Crippen molar-refractivity contribution in [3.05, 3.63) is 66.7 Å². The van der Waals surface area contributed by atoms with Gasteiger partial charge in [-0.25, -0.2) is 25.9 Å². The first kappa shape index (κ1) is 23.7. The number of hydrogen-bond donors (Lipinski definition) is 1. The Balaban J connectivity index is 1.33. The highest BCUT2D eigenvalue weighted by Gasteiger charge is 2.23. The number of sulfonamides is 2. The van der Waals surface area contributed by atoms with Gasteiger partial charge in [0.25, 0.3) is 0 Å². The second kappa shape index (κ2) is 9.42. The fourth-order valence-corrected chi connectivity index (χ4v) is 6.13. The Bertz CT molecular complexity index is 1330. The van der Waals surface area contributed by atoms with Gasteiger partial charge < -0.3 is 4.90 Å². The van der Waals surface area contributed by atoms with Crippen molar-refractivity contribution in [2.45, 2.75) is 22.6 Å². The van der Waals surface area contributed by atoms with Crippen molar-refractivity contribution in [3.8, 4) is 0 Å². The molecule has 7 nitrogen and oxygen atoms in total. The molecule has 1 aliphatic heterocycles. The molecule has 0 aliphatic carbocycles. The largest absolute Gasteiger partial charge is 0.372 e. The van der Waals surface area contributed by atoms with Crippen LogP contribution in [0.4, 0.5) is 5.69 Å². The molecular weight excluding hydrogens is 458 g/mol. The van der Waals surface area contributed by atoms with Crippen molar-refractivity contribution >= 4 is 36.5 Å². The standard InChI is InChI=1S/C24H29N3O4S2/c1-26(2)33(30,31)23-11-8-22(9-12-23)27-15-13-19(14-16-27)18-25-32(28,29)24-10-7-20-5-3-4-6-21(20)17-24/h3-12,17,19,25H,13-16,18H2,1-2H3. The Labute approximate surface area is 196 Å². The fourth-order valence-electron chi connectivity index (χ4n) is 4.08. The monoisotopic (exact) mass is 487 g/mol. The van der Waals surface area contributed by atoms with E-state index < -0.39 is 20.0 Å². The molecule has 4 rings (SSSR count). The van der Waals surface area contributed by atoms with Crippen molar-refractivity contribution in [1.29, 1.82) is 0 Å². The highest BCUT2D eigenvalue weighted by atomic mass is 32.2. The molecule has 33 heavy (non-hydrogen) atoms. The lowest BCUT2D eigenvalue weighted by Gasteiger charge is -2.33. The third-order valence-corrected chi connectivity index (χ3v) is 9.44. The third-order valence-electron chi connectivity index (χ3n) is 6.19. The maximum atomic E-state index is 12.8. The van der Waals surface area contributed by atoms with Gasteiger partial charge in [0, 0.05) is 39.4 Å². The van der Waals surface area contributed by atoms with Crippen LogP contribution in [0.25, 0.3) is 10.8 Å². The molecule has 1 heterocycles. The summed E-state index contributed by atoms with van der Waals surface area (Å²) in [6.45, 7) is 1.99. The van der Waals surface area contributed by atoms with E-state index in [2.05, 4.69) is 9.62 Å². The number of hydrogen-bond acceptors (Lipinski definition) is 5. The van der Waals surface area contributed by atoms with Crippen molar-refractivity contribution < 1.29 is 16.8 Å². The van der Waals surface area contributed by atoms with Crippen LogP contribution in [-0.4, -0.2) is 54.9 Å². The summed E-state index contributed by atoms with van der Waals surface area (Å²) in [5, 5.41) is 1.91. The molecule has 1 N–H and O–H groups in total. The van der Waals surface area contributed by atoms with Gasteiger partial charge >= 0.3 is 0 Å². The summed E-state index contributed by atoms with van der Waals surface area (Å²) in [6, 6.07) is 19.8. The lowest BCUT2D eigenvalue weighted by Crippen LogP contribution is -2.38. The predicted molar refractivity (Wildman–Crippen MR) is 131 cm³/mol. The topological polar surface area (TPSA) is 86.8 Å². The minimum absolute atomic E-state index is 0.255. The van der Waals surface area contributed by atoms with Crippen LogP contribution in [-0.2, 0) is 20.0 Å². The molecule has 3 aromatic rings. The number of nitrogens with zero attached hydrogens (tertiary/aromatic N) is 2. The first-order chi connectivity index (χ1) is 15.7. The van der Waals surface area contributed by atoms with Gasteiger partial charge in [0.1, 0.15) is 0 Å². The number of nitrogens with one attached hydrogen (secondary N) is 1. The molecule has 0 saturated carbocycles. The molecular formula is C24H29N3O4S2. The molecule has 0 unspecified atom stereocenters. The van der Waals surface area contributed by atoms with Crippen molar-refractivity contribution in [1.82, 2.24) is 9.03 Å². The van der Waals surface area contributed by atoms with Crippen LogP contribution in [0, 0.1) is 5.92 Å². The lowest BCUT2D eigenvalue weighted by atomic mass is 9.97.